The molecule has 5 nitrogen and oxygen atoms in total. The van der Waals surface area contributed by atoms with Crippen LogP contribution in [0.5, 0.6) is 5.75 Å². The molecule has 25 heavy (non-hydrogen) atoms. The number of hydrogen-bond acceptors (Lipinski definition) is 4. The van der Waals surface area contributed by atoms with Gasteiger partial charge in [-0.15, -0.1) is 0 Å². The molecule has 0 bridgehead atoms. The first-order chi connectivity index (χ1) is 11.9. The molecule has 1 heterocycles. The smallest absolute Gasteiger partial charge is 0.256 e. The number of nitrogens with zero attached hydrogens (tertiary/aromatic N) is 1. The zero-order chi connectivity index (χ0) is 18.3. The maximum atomic E-state index is 12.1. The van der Waals surface area contributed by atoms with E-state index in [2.05, 4.69) is 17.1 Å². The topological polar surface area (TPSA) is 50.8 Å². The Morgan fingerprint density at radius 1 is 1.32 bits per heavy atom. The average molecular weight is 348 g/mol. The van der Waals surface area contributed by atoms with E-state index in [9.17, 15) is 4.79 Å². The lowest BCUT2D eigenvalue weighted by atomic mass is 10.0. The van der Waals surface area contributed by atoms with E-state index in [1.807, 2.05) is 24.3 Å². The van der Waals surface area contributed by atoms with Crippen molar-refractivity contribution < 1.29 is 14.3 Å². The highest BCUT2D eigenvalue weighted by atomic mass is 16.5. The van der Waals surface area contributed by atoms with E-state index in [0.717, 1.165) is 30.3 Å². The van der Waals surface area contributed by atoms with Crippen molar-refractivity contribution in [3.8, 4) is 5.75 Å². The van der Waals surface area contributed by atoms with Crippen LogP contribution in [0.2, 0.25) is 0 Å². The Morgan fingerprint density at radius 3 is 2.68 bits per heavy atom. The lowest BCUT2D eigenvalue weighted by molar-refractivity contribution is -0.133. The largest absolute Gasteiger partial charge is 0.494 e. The first kappa shape index (κ1) is 19.7. The van der Waals surface area contributed by atoms with E-state index in [1.165, 1.54) is 33.0 Å². The molecule has 2 rings (SSSR count). The Hall–Kier alpha value is -1.59. The summed E-state index contributed by atoms with van der Waals surface area (Å²) < 4.78 is 11.0. The van der Waals surface area contributed by atoms with Crippen molar-refractivity contribution in [2.24, 2.45) is 5.92 Å². The maximum absolute atomic E-state index is 12.1. The molecule has 1 aliphatic heterocycles. The van der Waals surface area contributed by atoms with Crippen molar-refractivity contribution in [3.05, 3.63) is 24.3 Å². The van der Waals surface area contributed by atoms with Crippen molar-refractivity contribution in [2.75, 3.05) is 38.7 Å². The minimum absolute atomic E-state index is 0.167. The number of rotatable bonds is 8. The molecule has 1 atom stereocenters. The van der Waals surface area contributed by atoms with E-state index >= 15 is 0 Å². The van der Waals surface area contributed by atoms with Gasteiger partial charge in [-0.25, -0.2) is 0 Å². The molecular formula is C20H32N2O3. The molecule has 1 saturated heterocycles. The van der Waals surface area contributed by atoms with Gasteiger partial charge in [0.25, 0.3) is 5.91 Å². The molecule has 1 aromatic carbocycles. The predicted octanol–water partition coefficient (Wildman–Crippen LogP) is 3.55. The van der Waals surface area contributed by atoms with Gasteiger partial charge in [0.2, 0.25) is 0 Å². The van der Waals surface area contributed by atoms with Gasteiger partial charge in [-0.2, -0.15) is 0 Å². The number of hydrogen-bond donors (Lipinski definition) is 1. The molecule has 0 aliphatic carbocycles. The molecule has 5 heteroatoms. The molecule has 0 spiro atoms. The molecule has 1 N–H and O–H groups in total. The van der Waals surface area contributed by atoms with Crippen molar-refractivity contribution in [2.45, 2.75) is 45.6 Å². The van der Waals surface area contributed by atoms with Gasteiger partial charge in [0.15, 0.2) is 0 Å². The SMILES string of the molecule is COC(C)(C)C(=O)Nc1ccc(OCCCN2CCC[C@@H](C)C2)cc1. The van der Waals surface area contributed by atoms with E-state index in [1.54, 1.807) is 13.8 Å². The summed E-state index contributed by atoms with van der Waals surface area (Å²) in [6.07, 6.45) is 3.71. The van der Waals surface area contributed by atoms with Crippen molar-refractivity contribution in [1.82, 2.24) is 4.90 Å². The summed E-state index contributed by atoms with van der Waals surface area (Å²) in [5.74, 6) is 1.48. The standard InChI is InChI=1S/C20H32N2O3/c1-16-7-5-12-22(15-16)13-6-14-25-18-10-8-17(9-11-18)21-19(23)20(2,3)24-4/h8-11,16H,5-7,12-15H2,1-4H3,(H,21,23)/t16-/m1/s1. The van der Waals surface area contributed by atoms with E-state index < -0.39 is 5.60 Å². The maximum Gasteiger partial charge on any atom is 0.256 e. The summed E-state index contributed by atoms with van der Waals surface area (Å²) in [5.41, 5.74) is -0.106. The number of benzene rings is 1. The molecule has 0 aromatic heterocycles. The summed E-state index contributed by atoms with van der Waals surface area (Å²) >= 11 is 0. The van der Waals surface area contributed by atoms with E-state index in [4.69, 9.17) is 9.47 Å². The summed E-state index contributed by atoms with van der Waals surface area (Å²) in [6, 6.07) is 7.48. The first-order valence-corrected chi connectivity index (χ1v) is 9.22. The van der Waals surface area contributed by atoms with Gasteiger partial charge in [0.1, 0.15) is 11.4 Å². The average Bonchev–Trinajstić information content (AvgIpc) is 2.60. The zero-order valence-corrected chi connectivity index (χ0v) is 16.0. The summed E-state index contributed by atoms with van der Waals surface area (Å²) in [7, 11) is 1.53. The van der Waals surface area contributed by atoms with Crippen LogP contribution in [-0.4, -0.2) is 49.8 Å². The normalized spacial score (nSPS) is 18.8. The molecule has 1 aromatic rings. The number of carbonyl (C=O) groups excluding carboxylic acids is 1. The Kier molecular flexibility index (Phi) is 7.26. The lowest BCUT2D eigenvalue weighted by Crippen LogP contribution is -2.38. The third-order valence-corrected chi connectivity index (χ3v) is 4.80. The number of anilines is 1. The fraction of sp³-hybridized carbons (Fsp3) is 0.650. The second-order valence-corrected chi connectivity index (χ2v) is 7.44. The van der Waals surface area contributed by atoms with Crippen LogP contribution in [0.15, 0.2) is 24.3 Å². The van der Waals surface area contributed by atoms with Crippen molar-refractivity contribution in [3.63, 3.8) is 0 Å². The van der Waals surface area contributed by atoms with Crippen LogP contribution in [0.3, 0.4) is 0 Å². The van der Waals surface area contributed by atoms with Gasteiger partial charge in [0, 0.05) is 25.9 Å². The third kappa shape index (κ3) is 6.33. The molecule has 1 aliphatic rings. The Labute approximate surface area is 151 Å². The van der Waals surface area contributed by atoms with Gasteiger partial charge in [-0.05, 0) is 69.8 Å². The van der Waals surface area contributed by atoms with Gasteiger partial charge >= 0.3 is 0 Å². The number of methoxy groups -OCH3 is 1. The van der Waals surface area contributed by atoms with Crippen LogP contribution in [-0.2, 0) is 9.53 Å². The molecule has 0 radical (unpaired) electrons. The van der Waals surface area contributed by atoms with Crippen molar-refractivity contribution in [1.29, 1.82) is 0 Å². The van der Waals surface area contributed by atoms with Crippen LogP contribution in [0.1, 0.15) is 40.0 Å². The fourth-order valence-electron chi connectivity index (χ4n) is 2.98. The number of ether oxygens (including phenoxy) is 2. The van der Waals surface area contributed by atoms with Crippen LogP contribution < -0.4 is 10.1 Å². The zero-order valence-electron chi connectivity index (χ0n) is 16.0. The fourth-order valence-corrected chi connectivity index (χ4v) is 2.98. The second kappa shape index (κ2) is 9.20. The predicted molar refractivity (Wildman–Crippen MR) is 101 cm³/mol. The Morgan fingerprint density at radius 2 is 2.04 bits per heavy atom. The highest BCUT2D eigenvalue weighted by molar-refractivity contribution is 5.96. The molecule has 140 valence electrons. The Bertz CT molecular complexity index is 542. The van der Waals surface area contributed by atoms with Gasteiger partial charge < -0.3 is 19.7 Å². The highest BCUT2D eigenvalue weighted by Crippen LogP contribution is 2.19. The van der Waals surface area contributed by atoms with Gasteiger partial charge in [-0.1, -0.05) is 6.92 Å². The number of carbonyl (C=O) groups is 1. The summed E-state index contributed by atoms with van der Waals surface area (Å²) in [5, 5.41) is 2.85. The number of likely N-dealkylation sites (tertiary alicyclic amines) is 1. The third-order valence-electron chi connectivity index (χ3n) is 4.80. The minimum atomic E-state index is -0.846. The van der Waals surface area contributed by atoms with Crippen LogP contribution in [0.25, 0.3) is 0 Å². The number of nitrogens with one attached hydrogen (secondary N) is 1. The lowest BCUT2D eigenvalue weighted by Gasteiger charge is -2.30. The molecular weight excluding hydrogens is 316 g/mol. The van der Waals surface area contributed by atoms with Gasteiger partial charge in [0.05, 0.1) is 6.61 Å². The first-order valence-electron chi connectivity index (χ1n) is 9.22. The highest BCUT2D eigenvalue weighted by Gasteiger charge is 2.26. The summed E-state index contributed by atoms with van der Waals surface area (Å²) in [6.45, 7) is 10.1. The van der Waals surface area contributed by atoms with E-state index in [0.29, 0.717) is 6.61 Å². The monoisotopic (exact) mass is 348 g/mol. The molecule has 0 saturated carbocycles. The van der Waals surface area contributed by atoms with E-state index in [-0.39, 0.29) is 5.91 Å². The number of piperidine rings is 1. The van der Waals surface area contributed by atoms with Crippen LogP contribution >= 0.6 is 0 Å². The quantitative estimate of drug-likeness (QED) is 0.730. The minimum Gasteiger partial charge on any atom is -0.494 e. The number of amides is 1. The van der Waals surface area contributed by atoms with Crippen LogP contribution in [0.4, 0.5) is 5.69 Å². The molecule has 1 amide bonds. The Balaban J connectivity index is 1.70. The second-order valence-electron chi connectivity index (χ2n) is 7.44. The summed E-state index contributed by atoms with van der Waals surface area (Å²) in [4.78, 5) is 14.6. The van der Waals surface area contributed by atoms with Crippen molar-refractivity contribution >= 4 is 11.6 Å². The molecule has 1 fully saturated rings. The molecule has 0 unspecified atom stereocenters. The van der Waals surface area contributed by atoms with Gasteiger partial charge in [-0.3, -0.25) is 4.79 Å². The van der Waals surface area contributed by atoms with Crippen LogP contribution in [0, 0.1) is 5.92 Å².